The number of likely N-dealkylation sites (tertiary alicyclic amines) is 1. The normalized spacial score (nSPS) is 15.3. The maximum atomic E-state index is 12.4. The third-order valence-corrected chi connectivity index (χ3v) is 5.09. The molecule has 1 heterocycles. The molecule has 0 aliphatic carbocycles. The zero-order valence-electron chi connectivity index (χ0n) is 15.8. The lowest BCUT2D eigenvalue weighted by Crippen LogP contribution is -2.46. The standard InChI is InChI=1S/C18H26ClN3O4.ClH/c1-12-8-15(16(26-3)9-14(12)19)20-17(23)10-22-6-4-13(5-7-22)21(2)11-18(24)25;/h8-9,13H,4-7,10-11H2,1-3H3,(H,20,23)(H,24,25);1H. The molecule has 2 rings (SSSR count). The summed E-state index contributed by atoms with van der Waals surface area (Å²) in [5, 5.41) is 12.4. The molecule has 1 aromatic carbocycles. The van der Waals surface area contributed by atoms with Gasteiger partial charge in [0.15, 0.2) is 0 Å². The Labute approximate surface area is 171 Å². The van der Waals surface area contributed by atoms with E-state index in [1.165, 1.54) is 7.11 Å². The van der Waals surface area contributed by atoms with Gasteiger partial charge in [-0.25, -0.2) is 0 Å². The Balaban J connectivity index is 0.00000364. The Morgan fingerprint density at radius 2 is 2.00 bits per heavy atom. The van der Waals surface area contributed by atoms with Gasteiger partial charge in [-0.05, 0) is 38.4 Å². The number of aryl methyl sites for hydroxylation is 1. The molecule has 152 valence electrons. The highest BCUT2D eigenvalue weighted by Gasteiger charge is 2.24. The average Bonchev–Trinajstić information content (AvgIpc) is 2.57. The van der Waals surface area contributed by atoms with Crippen molar-refractivity contribution in [3.8, 4) is 5.75 Å². The number of carbonyl (C=O) groups is 2. The van der Waals surface area contributed by atoms with Crippen LogP contribution in [-0.4, -0.2) is 73.2 Å². The van der Waals surface area contributed by atoms with Crippen molar-refractivity contribution in [3.05, 3.63) is 22.7 Å². The van der Waals surface area contributed by atoms with E-state index in [0.29, 0.717) is 23.0 Å². The van der Waals surface area contributed by atoms with Crippen molar-refractivity contribution in [1.82, 2.24) is 9.80 Å². The second-order valence-electron chi connectivity index (χ2n) is 6.67. The number of piperidine rings is 1. The van der Waals surface area contributed by atoms with Crippen molar-refractivity contribution >= 4 is 41.6 Å². The third-order valence-electron chi connectivity index (χ3n) is 4.69. The maximum Gasteiger partial charge on any atom is 0.317 e. The van der Waals surface area contributed by atoms with Gasteiger partial charge in [-0.3, -0.25) is 19.4 Å². The second-order valence-corrected chi connectivity index (χ2v) is 7.07. The Morgan fingerprint density at radius 3 is 2.56 bits per heavy atom. The Hall–Kier alpha value is -1.54. The molecule has 2 N–H and O–H groups in total. The molecule has 9 heteroatoms. The van der Waals surface area contributed by atoms with Crippen molar-refractivity contribution < 1.29 is 19.4 Å². The number of ether oxygens (including phenoxy) is 1. The van der Waals surface area contributed by atoms with Crippen LogP contribution in [0.2, 0.25) is 5.02 Å². The van der Waals surface area contributed by atoms with E-state index < -0.39 is 5.97 Å². The van der Waals surface area contributed by atoms with Gasteiger partial charge in [0.05, 0.1) is 25.9 Å². The number of hydrogen-bond acceptors (Lipinski definition) is 5. The molecule has 1 aliphatic heterocycles. The molecule has 27 heavy (non-hydrogen) atoms. The van der Waals surface area contributed by atoms with Crippen LogP contribution in [0.3, 0.4) is 0 Å². The first-order valence-electron chi connectivity index (χ1n) is 8.58. The van der Waals surface area contributed by atoms with Crippen LogP contribution < -0.4 is 10.1 Å². The van der Waals surface area contributed by atoms with Gasteiger partial charge < -0.3 is 15.2 Å². The Morgan fingerprint density at radius 1 is 1.37 bits per heavy atom. The van der Waals surface area contributed by atoms with Gasteiger partial charge in [0.25, 0.3) is 0 Å². The van der Waals surface area contributed by atoms with Gasteiger partial charge in [0.2, 0.25) is 5.91 Å². The number of carbonyl (C=O) groups excluding carboxylic acids is 1. The molecule has 1 aliphatic rings. The molecule has 0 spiro atoms. The maximum absolute atomic E-state index is 12.4. The first-order valence-corrected chi connectivity index (χ1v) is 8.96. The number of nitrogens with zero attached hydrogens (tertiary/aromatic N) is 2. The smallest absolute Gasteiger partial charge is 0.317 e. The minimum Gasteiger partial charge on any atom is -0.495 e. The van der Waals surface area contributed by atoms with Crippen LogP contribution in [0.15, 0.2) is 12.1 Å². The summed E-state index contributed by atoms with van der Waals surface area (Å²) in [7, 11) is 3.37. The molecule has 1 fully saturated rings. The summed E-state index contributed by atoms with van der Waals surface area (Å²) in [4.78, 5) is 27.1. The fourth-order valence-electron chi connectivity index (χ4n) is 3.18. The minimum absolute atomic E-state index is 0. The number of methoxy groups -OCH3 is 1. The highest BCUT2D eigenvalue weighted by Crippen LogP contribution is 2.31. The molecule has 0 bridgehead atoms. The number of likely N-dealkylation sites (N-methyl/N-ethyl adjacent to an activating group) is 1. The molecule has 1 aromatic rings. The topological polar surface area (TPSA) is 82.1 Å². The molecule has 7 nitrogen and oxygen atoms in total. The lowest BCUT2D eigenvalue weighted by molar-refractivity contribution is -0.138. The zero-order chi connectivity index (χ0) is 19.3. The van der Waals surface area contributed by atoms with Crippen LogP contribution in [-0.2, 0) is 9.59 Å². The number of aliphatic carboxylic acids is 1. The predicted molar refractivity (Wildman–Crippen MR) is 108 cm³/mol. The largest absolute Gasteiger partial charge is 0.495 e. The zero-order valence-corrected chi connectivity index (χ0v) is 17.4. The van der Waals surface area contributed by atoms with Crippen LogP contribution in [0.1, 0.15) is 18.4 Å². The number of hydrogen-bond donors (Lipinski definition) is 2. The Bertz CT molecular complexity index is 664. The van der Waals surface area contributed by atoms with Gasteiger partial charge in [-0.15, -0.1) is 12.4 Å². The van der Waals surface area contributed by atoms with E-state index in [1.807, 2.05) is 18.9 Å². The predicted octanol–water partition coefficient (Wildman–Crippen LogP) is 2.50. The van der Waals surface area contributed by atoms with E-state index in [-0.39, 0.29) is 30.9 Å². The van der Waals surface area contributed by atoms with Crippen molar-refractivity contribution in [2.75, 3.05) is 45.7 Å². The highest BCUT2D eigenvalue weighted by molar-refractivity contribution is 6.31. The van der Waals surface area contributed by atoms with Crippen molar-refractivity contribution in [3.63, 3.8) is 0 Å². The van der Waals surface area contributed by atoms with Crippen LogP contribution in [0, 0.1) is 6.92 Å². The van der Waals surface area contributed by atoms with E-state index in [1.54, 1.807) is 12.1 Å². The van der Waals surface area contributed by atoms with Crippen LogP contribution in [0.4, 0.5) is 5.69 Å². The van der Waals surface area contributed by atoms with Crippen molar-refractivity contribution in [1.29, 1.82) is 0 Å². The van der Waals surface area contributed by atoms with Gasteiger partial charge in [0, 0.05) is 30.2 Å². The van der Waals surface area contributed by atoms with E-state index in [2.05, 4.69) is 10.2 Å². The monoisotopic (exact) mass is 419 g/mol. The van der Waals surface area contributed by atoms with Crippen LogP contribution in [0.25, 0.3) is 0 Å². The number of anilines is 1. The summed E-state index contributed by atoms with van der Waals surface area (Å²) in [6.45, 7) is 3.73. The summed E-state index contributed by atoms with van der Waals surface area (Å²) < 4.78 is 5.28. The van der Waals surface area contributed by atoms with E-state index in [9.17, 15) is 9.59 Å². The van der Waals surface area contributed by atoms with Gasteiger partial charge in [0.1, 0.15) is 5.75 Å². The quantitative estimate of drug-likeness (QED) is 0.706. The molecule has 1 amide bonds. The first-order chi connectivity index (χ1) is 12.3. The molecule has 0 radical (unpaired) electrons. The van der Waals surface area contributed by atoms with E-state index in [0.717, 1.165) is 31.5 Å². The van der Waals surface area contributed by atoms with E-state index in [4.69, 9.17) is 21.4 Å². The molecule has 0 aromatic heterocycles. The van der Waals surface area contributed by atoms with Crippen molar-refractivity contribution in [2.24, 2.45) is 0 Å². The number of carboxylic acid groups (broad SMARTS) is 1. The fourth-order valence-corrected chi connectivity index (χ4v) is 3.34. The number of benzene rings is 1. The van der Waals surface area contributed by atoms with Gasteiger partial charge >= 0.3 is 5.97 Å². The lowest BCUT2D eigenvalue weighted by atomic mass is 10.0. The minimum atomic E-state index is -0.818. The summed E-state index contributed by atoms with van der Waals surface area (Å²) >= 11 is 6.09. The summed E-state index contributed by atoms with van der Waals surface area (Å²) in [5.41, 5.74) is 1.47. The van der Waals surface area contributed by atoms with Crippen LogP contribution in [0.5, 0.6) is 5.75 Å². The summed E-state index contributed by atoms with van der Waals surface area (Å²) in [6.07, 6.45) is 1.70. The number of carboxylic acids is 1. The van der Waals surface area contributed by atoms with Gasteiger partial charge in [-0.1, -0.05) is 11.6 Å². The highest BCUT2D eigenvalue weighted by atomic mass is 35.5. The number of halogens is 2. The SMILES string of the molecule is COc1cc(Cl)c(C)cc1NC(=O)CN1CCC(N(C)CC(=O)O)CC1.Cl. The summed E-state index contributed by atoms with van der Waals surface area (Å²) in [6, 6.07) is 3.73. The number of rotatable bonds is 7. The molecule has 0 unspecified atom stereocenters. The van der Waals surface area contributed by atoms with Crippen molar-refractivity contribution in [2.45, 2.75) is 25.8 Å². The second kappa shape index (κ2) is 10.7. The molecule has 0 saturated carbocycles. The number of nitrogens with one attached hydrogen (secondary N) is 1. The van der Waals surface area contributed by atoms with Gasteiger partial charge in [-0.2, -0.15) is 0 Å². The summed E-state index contributed by atoms with van der Waals surface area (Å²) in [5.74, 6) is -0.396. The number of amides is 1. The molecule has 0 atom stereocenters. The first kappa shape index (κ1) is 23.5. The van der Waals surface area contributed by atoms with E-state index >= 15 is 0 Å². The molecular weight excluding hydrogens is 393 g/mol. The average molecular weight is 420 g/mol. The van der Waals surface area contributed by atoms with Crippen LogP contribution >= 0.6 is 24.0 Å². The molecule has 1 saturated heterocycles. The molecular formula is C18H27Cl2N3O4. The third kappa shape index (κ3) is 6.84. The Kier molecular flexibility index (Phi) is 9.32. The lowest BCUT2D eigenvalue weighted by Gasteiger charge is -2.35. The fraction of sp³-hybridized carbons (Fsp3) is 0.556.